The number of halogens is 1. The summed E-state index contributed by atoms with van der Waals surface area (Å²) < 4.78 is 16.1. The van der Waals surface area contributed by atoms with Gasteiger partial charge in [-0.3, -0.25) is 4.79 Å². The quantitative estimate of drug-likeness (QED) is 0.315. The smallest absolute Gasteiger partial charge is 0.331 e. The maximum Gasteiger partial charge on any atom is 0.331 e. The summed E-state index contributed by atoms with van der Waals surface area (Å²) in [5.41, 5.74) is 2.28. The highest BCUT2D eigenvalue weighted by molar-refractivity contribution is 6.31. The number of carbonyl (C=O) groups excluding carboxylic acids is 2. The van der Waals surface area contributed by atoms with Crippen molar-refractivity contribution in [1.82, 2.24) is 0 Å². The molecule has 3 aromatic carbocycles. The minimum atomic E-state index is -0.615. The van der Waals surface area contributed by atoms with Crippen molar-refractivity contribution in [1.29, 1.82) is 0 Å². The molecule has 0 heterocycles. The number of carbonyl (C=O) groups is 2. The maximum atomic E-state index is 12.0. The molecule has 0 aliphatic rings. The van der Waals surface area contributed by atoms with Crippen LogP contribution < -0.4 is 14.8 Å². The highest BCUT2D eigenvalue weighted by Crippen LogP contribution is 2.19. The Bertz CT molecular complexity index is 1090. The predicted octanol–water partition coefficient (Wildman–Crippen LogP) is 5.51. The first-order chi connectivity index (χ1) is 16.0. The first kappa shape index (κ1) is 23.9. The molecule has 0 aliphatic heterocycles. The van der Waals surface area contributed by atoms with Crippen LogP contribution in [0.15, 0.2) is 78.9 Å². The lowest BCUT2D eigenvalue weighted by Gasteiger charge is -2.08. The Labute approximate surface area is 197 Å². The lowest BCUT2D eigenvalue weighted by Crippen LogP contribution is -2.20. The summed E-state index contributed by atoms with van der Waals surface area (Å²) in [6, 6.07) is 21.6. The predicted molar refractivity (Wildman–Crippen MR) is 128 cm³/mol. The lowest BCUT2D eigenvalue weighted by atomic mass is 10.2. The lowest BCUT2D eigenvalue weighted by molar-refractivity contribution is -0.142. The van der Waals surface area contributed by atoms with Gasteiger partial charge in [0.2, 0.25) is 0 Å². The van der Waals surface area contributed by atoms with E-state index in [1.807, 2.05) is 43.3 Å². The molecule has 33 heavy (non-hydrogen) atoms. The normalized spacial score (nSPS) is 10.6. The molecule has 0 atom stereocenters. The Balaban J connectivity index is 1.41. The second-order valence-electron chi connectivity index (χ2n) is 6.90. The van der Waals surface area contributed by atoms with E-state index in [-0.39, 0.29) is 6.61 Å². The molecule has 0 aromatic heterocycles. The fourth-order valence-corrected chi connectivity index (χ4v) is 2.99. The zero-order valence-corrected chi connectivity index (χ0v) is 18.9. The zero-order valence-electron chi connectivity index (χ0n) is 18.1. The SMILES string of the molecule is CCOc1ccc(NC(=O)COC(=O)C=Cc2ccc(OCc3ccccc3Cl)cc2)cc1. The number of hydrogen-bond acceptors (Lipinski definition) is 5. The van der Waals surface area contributed by atoms with Crippen LogP contribution in [0.2, 0.25) is 5.02 Å². The third-order valence-electron chi connectivity index (χ3n) is 4.44. The Morgan fingerprint density at radius 3 is 2.27 bits per heavy atom. The molecule has 3 aromatic rings. The van der Waals surface area contributed by atoms with Gasteiger partial charge in [0.15, 0.2) is 6.61 Å². The summed E-state index contributed by atoms with van der Waals surface area (Å²) in [6.45, 7) is 2.44. The van der Waals surface area contributed by atoms with Gasteiger partial charge in [-0.15, -0.1) is 0 Å². The summed E-state index contributed by atoms with van der Waals surface area (Å²) in [5.74, 6) is 0.352. The molecule has 0 saturated carbocycles. The highest BCUT2D eigenvalue weighted by atomic mass is 35.5. The second-order valence-corrected chi connectivity index (χ2v) is 7.30. The van der Waals surface area contributed by atoms with Crippen LogP contribution in [0.3, 0.4) is 0 Å². The first-order valence-corrected chi connectivity index (χ1v) is 10.7. The average Bonchev–Trinajstić information content (AvgIpc) is 2.83. The molecular formula is C26H24ClNO5. The van der Waals surface area contributed by atoms with Gasteiger partial charge in [-0.2, -0.15) is 0 Å². The molecule has 6 nitrogen and oxygen atoms in total. The molecule has 1 amide bonds. The topological polar surface area (TPSA) is 73.9 Å². The minimum Gasteiger partial charge on any atom is -0.494 e. The third kappa shape index (κ3) is 8.01. The van der Waals surface area contributed by atoms with Crippen LogP contribution in [0.1, 0.15) is 18.1 Å². The monoisotopic (exact) mass is 465 g/mol. The Morgan fingerprint density at radius 2 is 1.58 bits per heavy atom. The maximum absolute atomic E-state index is 12.0. The van der Waals surface area contributed by atoms with Gasteiger partial charge in [0, 0.05) is 22.3 Å². The molecule has 0 unspecified atom stereocenters. The van der Waals surface area contributed by atoms with E-state index in [0.29, 0.717) is 35.4 Å². The average molecular weight is 466 g/mol. The van der Waals surface area contributed by atoms with E-state index in [0.717, 1.165) is 11.1 Å². The van der Waals surface area contributed by atoms with Gasteiger partial charge in [0.1, 0.15) is 18.1 Å². The van der Waals surface area contributed by atoms with E-state index < -0.39 is 11.9 Å². The zero-order chi connectivity index (χ0) is 23.5. The van der Waals surface area contributed by atoms with Crippen molar-refractivity contribution in [2.24, 2.45) is 0 Å². The van der Waals surface area contributed by atoms with Crippen LogP contribution in [0.4, 0.5) is 5.69 Å². The number of amides is 1. The molecule has 170 valence electrons. The van der Waals surface area contributed by atoms with Gasteiger partial charge < -0.3 is 19.5 Å². The van der Waals surface area contributed by atoms with E-state index in [1.54, 1.807) is 42.5 Å². The number of rotatable bonds is 10. The molecule has 7 heteroatoms. The van der Waals surface area contributed by atoms with Gasteiger partial charge in [0.05, 0.1) is 6.61 Å². The van der Waals surface area contributed by atoms with E-state index >= 15 is 0 Å². The van der Waals surface area contributed by atoms with Gasteiger partial charge in [-0.1, -0.05) is 41.9 Å². The van der Waals surface area contributed by atoms with Crippen molar-refractivity contribution >= 4 is 35.2 Å². The number of esters is 1. The van der Waals surface area contributed by atoms with Crippen molar-refractivity contribution in [2.75, 3.05) is 18.5 Å². The van der Waals surface area contributed by atoms with Crippen molar-refractivity contribution in [3.63, 3.8) is 0 Å². The van der Waals surface area contributed by atoms with Crippen LogP contribution in [-0.4, -0.2) is 25.1 Å². The number of nitrogens with one attached hydrogen (secondary N) is 1. The number of anilines is 1. The standard InChI is InChI=1S/C26H24ClNO5/c1-2-31-22-14-10-21(11-15-22)28-25(29)18-33-26(30)16-9-19-7-12-23(13-8-19)32-17-20-5-3-4-6-24(20)27/h3-16H,2,17-18H2,1H3,(H,28,29). The molecule has 0 aliphatic carbocycles. The summed E-state index contributed by atoms with van der Waals surface area (Å²) in [6.07, 6.45) is 2.87. The summed E-state index contributed by atoms with van der Waals surface area (Å²) in [7, 11) is 0. The van der Waals surface area contributed by atoms with Gasteiger partial charge in [0.25, 0.3) is 5.91 Å². The Morgan fingerprint density at radius 1 is 0.909 bits per heavy atom. The van der Waals surface area contributed by atoms with Crippen LogP contribution in [0.5, 0.6) is 11.5 Å². The molecule has 0 spiro atoms. The summed E-state index contributed by atoms with van der Waals surface area (Å²) >= 11 is 6.13. The minimum absolute atomic E-state index is 0.361. The van der Waals surface area contributed by atoms with Crippen molar-refractivity contribution in [3.05, 3.63) is 95.0 Å². The van der Waals surface area contributed by atoms with E-state index in [4.69, 9.17) is 25.8 Å². The number of hydrogen-bond donors (Lipinski definition) is 1. The summed E-state index contributed by atoms with van der Waals surface area (Å²) in [5, 5.41) is 3.31. The molecular weight excluding hydrogens is 442 g/mol. The molecule has 0 fully saturated rings. The molecule has 3 rings (SSSR count). The van der Waals surface area contributed by atoms with Gasteiger partial charge >= 0.3 is 5.97 Å². The Kier molecular flexibility index (Phi) is 8.91. The van der Waals surface area contributed by atoms with Gasteiger partial charge in [-0.05, 0) is 61.0 Å². The second kappa shape index (κ2) is 12.3. The van der Waals surface area contributed by atoms with Gasteiger partial charge in [-0.25, -0.2) is 4.79 Å². The highest BCUT2D eigenvalue weighted by Gasteiger charge is 2.06. The molecule has 0 saturated heterocycles. The third-order valence-corrected chi connectivity index (χ3v) is 4.81. The van der Waals surface area contributed by atoms with Crippen molar-refractivity contribution in [2.45, 2.75) is 13.5 Å². The van der Waals surface area contributed by atoms with E-state index in [2.05, 4.69) is 5.32 Å². The van der Waals surface area contributed by atoms with Crippen LogP contribution in [0, 0.1) is 0 Å². The fraction of sp³-hybridized carbons (Fsp3) is 0.154. The van der Waals surface area contributed by atoms with E-state index in [1.165, 1.54) is 6.08 Å². The van der Waals surface area contributed by atoms with Crippen LogP contribution in [0.25, 0.3) is 6.08 Å². The van der Waals surface area contributed by atoms with Crippen molar-refractivity contribution in [3.8, 4) is 11.5 Å². The number of benzene rings is 3. The Hall–Kier alpha value is -3.77. The largest absolute Gasteiger partial charge is 0.494 e. The fourth-order valence-electron chi connectivity index (χ4n) is 2.80. The molecule has 0 radical (unpaired) electrons. The van der Waals surface area contributed by atoms with Crippen molar-refractivity contribution < 1.29 is 23.8 Å². The van der Waals surface area contributed by atoms with E-state index in [9.17, 15) is 9.59 Å². The van der Waals surface area contributed by atoms with Crippen LogP contribution in [-0.2, 0) is 20.9 Å². The first-order valence-electron chi connectivity index (χ1n) is 10.4. The summed E-state index contributed by atoms with van der Waals surface area (Å²) in [4.78, 5) is 23.9. The molecule has 0 bridgehead atoms. The van der Waals surface area contributed by atoms with Crippen LogP contribution >= 0.6 is 11.6 Å². The molecule has 1 N–H and O–H groups in total. The number of ether oxygens (including phenoxy) is 3.